The summed E-state index contributed by atoms with van der Waals surface area (Å²) in [6.45, 7) is 1.87. The monoisotopic (exact) mass is 286 g/mol. The van der Waals surface area contributed by atoms with Crippen LogP contribution in [0.25, 0.3) is 0 Å². The Morgan fingerprint density at radius 3 is 3.00 bits per heavy atom. The molecule has 3 heterocycles. The molecule has 102 valence electrons. The first kappa shape index (κ1) is 11.9. The lowest BCUT2D eigenvalue weighted by molar-refractivity contribution is 0.494. The Balaban J connectivity index is 1.47. The van der Waals surface area contributed by atoms with Crippen LogP contribution >= 0.6 is 11.5 Å². The number of hydrogen-bond donors (Lipinski definition) is 0. The Morgan fingerprint density at radius 1 is 1.35 bits per heavy atom. The van der Waals surface area contributed by atoms with Crippen molar-refractivity contribution in [3.05, 3.63) is 23.8 Å². The fourth-order valence-corrected chi connectivity index (χ4v) is 3.37. The molecule has 0 aromatic carbocycles. The summed E-state index contributed by atoms with van der Waals surface area (Å²) < 4.78 is 6.37. The third-order valence-corrected chi connectivity index (χ3v) is 4.70. The van der Waals surface area contributed by atoms with Crippen LogP contribution in [0, 0.1) is 11.3 Å². The van der Waals surface area contributed by atoms with Crippen molar-refractivity contribution in [1.82, 2.24) is 19.1 Å². The zero-order chi connectivity index (χ0) is 13.5. The zero-order valence-corrected chi connectivity index (χ0v) is 11.8. The molecular weight excluding hydrogens is 272 g/mol. The first-order valence-corrected chi connectivity index (χ1v) is 7.63. The predicted molar refractivity (Wildman–Crippen MR) is 74.7 cm³/mol. The van der Waals surface area contributed by atoms with E-state index in [1.165, 1.54) is 24.4 Å². The van der Waals surface area contributed by atoms with Crippen LogP contribution < -0.4 is 4.90 Å². The summed E-state index contributed by atoms with van der Waals surface area (Å²) in [6.07, 6.45) is 6.96. The van der Waals surface area contributed by atoms with Gasteiger partial charge in [-0.1, -0.05) is 0 Å². The van der Waals surface area contributed by atoms with E-state index in [1.807, 2.05) is 10.9 Å². The average Bonchev–Trinajstić information content (AvgIpc) is 2.93. The molecule has 0 N–H and O–H groups in total. The van der Waals surface area contributed by atoms with E-state index in [-0.39, 0.29) is 0 Å². The lowest BCUT2D eigenvalue weighted by Gasteiger charge is -2.14. The summed E-state index contributed by atoms with van der Waals surface area (Å²) in [7, 11) is 0. The van der Waals surface area contributed by atoms with Gasteiger partial charge in [-0.15, -0.1) is 0 Å². The fraction of sp³-hybridized carbons (Fsp3) is 0.538. The van der Waals surface area contributed by atoms with Crippen LogP contribution in [0.5, 0.6) is 0 Å². The molecule has 7 heteroatoms. The van der Waals surface area contributed by atoms with Gasteiger partial charge in [0.1, 0.15) is 11.9 Å². The van der Waals surface area contributed by atoms with E-state index in [1.54, 1.807) is 6.20 Å². The van der Waals surface area contributed by atoms with Gasteiger partial charge in [-0.05, 0) is 19.3 Å². The van der Waals surface area contributed by atoms with Gasteiger partial charge in [0.2, 0.25) is 5.13 Å². The van der Waals surface area contributed by atoms with Gasteiger partial charge in [-0.3, -0.25) is 4.68 Å². The van der Waals surface area contributed by atoms with E-state index in [2.05, 4.69) is 25.4 Å². The largest absolute Gasteiger partial charge is 0.345 e. The second-order valence-corrected chi connectivity index (χ2v) is 6.15. The number of aromatic nitrogens is 4. The van der Waals surface area contributed by atoms with E-state index in [0.29, 0.717) is 17.5 Å². The Kier molecular flexibility index (Phi) is 2.70. The highest BCUT2D eigenvalue weighted by molar-refractivity contribution is 7.09. The normalized spacial score (nSPS) is 22.1. The van der Waals surface area contributed by atoms with E-state index < -0.39 is 0 Å². The standard InChI is InChI=1S/C13H14N6S/c14-5-9-6-15-19(7-9)11-3-4-18(8-11)13-16-12(17-20-13)10-1-2-10/h6-7,10-11H,1-4,8H2. The molecule has 0 spiro atoms. The first-order valence-electron chi connectivity index (χ1n) is 6.86. The SMILES string of the molecule is N#Cc1cnn(C2CCN(c3nc(C4CC4)ns3)C2)c1. The molecule has 1 saturated heterocycles. The Labute approximate surface area is 120 Å². The van der Waals surface area contributed by atoms with Crippen molar-refractivity contribution in [3.63, 3.8) is 0 Å². The predicted octanol–water partition coefficient (Wildman–Crippen LogP) is 1.94. The lowest BCUT2D eigenvalue weighted by atomic mass is 10.3. The van der Waals surface area contributed by atoms with Crippen molar-refractivity contribution in [3.8, 4) is 6.07 Å². The van der Waals surface area contributed by atoms with Gasteiger partial charge >= 0.3 is 0 Å². The van der Waals surface area contributed by atoms with Crippen LogP contribution in [0.1, 0.15) is 42.6 Å². The highest BCUT2D eigenvalue weighted by atomic mass is 32.1. The summed E-state index contributed by atoms with van der Waals surface area (Å²) in [5.74, 6) is 1.64. The highest BCUT2D eigenvalue weighted by Gasteiger charge is 2.31. The summed E-state index contributed by atoms with van der Waals surface area (Å²) in [6, 6.07) is 2.44. The maximum absolute atomic E-state index is 8.85. The van der Waals surface area contributed by atoms with Crippen molar-refractivity contribution in [2.75, 3.05) is 18.0 Å². The molecule has 4 rings (SSSR count). The fourth-order valence-electron chi connectivity index (χ4n) is 2.59. The van der Waals surface area contributed by atoms with Crippen LogP contribution in [-0.4, -0.2) is 32.2 Å². The van der Waals surface area contributed by atoms with Gasteiger partial charge in [0.05, 0.1) is 17.8 Å². The maximum atomic E-state index is 8.85. The van der Waals surface area contributed by atoms with E-state index in [9.17, 15) is 0 Å². The molecule has 20 heavy (non-hydrogen) atoms. The molecule has 1 aliphatic carbocycles. The zero-order valence-electron chi connectivity index (χ0n) is 10.9. The maximum Gasteiger partial charge on any atom is 0.205 e. The van der Waals surface area contributed by atoms with Gasteiger partial charge in [-0.25, -0.2) is 4.98 Å². The topological polar surface area (TPSA) is 70.6 Å². The molecule has 2 aromatic heterocycles. The molecule has 1 aliphatic heterocycles. The summed E-state index contributed by atoms with van der Waals surface area (Å²) in [5.41, 5.74) is 0.621. The number of rotatable bonds is 3. The molecule has 2 aliphatic rings. The van der Waals surface area contributed by atoms with Crippen LogP contribution in [0.2, 0.25) is 0 Å². The van der Waals surface area contributed by atoms with Crippen LogP contribution in [0.15, 0.2) is 12.4 Å². The quantitative estimate of drug-likeness (QED) is 0.862. The van der Waals surface area contributed by atoms with Gasteiger partial charge in [0, 0.05) is 36.7 Å². The Morgan fingerprint density at radius 2 is 2.25 bits per heavy atom. The van der Waals surface area contributed by atoms with Crippen molar-refractivity contribution in [2.24, 2.45) is 0 Å². The second kappa shape index (κ2) is 4.56. The van der Waals surface area contributed by atoms with Gasteiger partial charge < -0.3 is 4.90 Å². The van der Waals surface area contributed by atoms with E-state index >= 15 is 0 Å². The minimum absolute atomic E-state index is 0.324. The number of nitrogens with zero attached hydrogens (tertiary/aromatic N) is 6. The molecule has 1 atom stereocenters. The van der Waals surface area contributed by atoms with Gasteiger partial charge in [0.25, 0.3) is 0 Å². The van der Waals surface area contributed by atoms with Crippen LogP contribution in [0.3, 0.4) is 0 Å². The minimum Gasteiger partial charge on any atom is -0.345 e. The molecule has 1 unspecified atom stereocenters. The molecular formula is C13H14N6S. The van der Waals surface area contributed by atoms with Crippen molar-refractivity contribution in [2.45, 2.75) is 31.2 Å². The molecule has 0 amide bonds. The Bertz CT molecular complexity index is 664. The summed E-state index contributed by atoms with van der Waals surface area (Å²) >= 11 is 1.50. The third kappa shape index (κ3) is 2.06. The molecule has 2 fully saturated rings. The first-order chi connectivity index (χ1) is 9.83. The van der Waals surface area contributed by atoms with Crippen molar-refractivity contribution < 1.29 is 0 Å². The van der Waals surface area contributed by atoms with Crippen molar-refractivity contribution >= 4 is 16.7 Å². The van der Waals surface area contributed by atoms with Gasteiger partial charge in [-0.2, -0.15) is 14.7 Å². The summed E-state index contributed by atoms with van der Waals surface area (Å²) in [4.78, 5) is 6.93. The smallest absolute Gasteiger partial charge is 0.205 e. The van der Waals surface area contributed by atoms with Crippen LogP contribution in [0.4, 0.5) is 5.13 Å². The molecule has 0 radical (unpaired) electrons. The third-order valence-electron chi connectivity index (χ3n) is 3.91. The van der Waals surface area contributed by atoms with E-state index in [0.717, 1.165) is 30.5 Å². The molecule has 0 bridgehead atoms. The van der Waals surface area contributed by atoms with E-state index in [4.69, 9.17) is 5.26 Å². The van der Waals surface area contributed by atoms with Crippen molar-refractivity contribution in [1.29, 1.82) is 5.26 Å². The highest BCUT2D eigenvalue weighted by Crippen LogP contribution is 2.40. The molecule has 6 nitrogen and oxygen atoms in total. The second-order valence-electron chi connectivity index (χ2n) is 5.42. The van der Waals surface area contributed by atoms with Gasteiger partial charge in [0.15, 0.2) is 0 Å². The van der Waals surface area contributed by atoms with Crippen LogP contribution in [-0.2, 0) is 0 Å². The number of anilines is 1. The number of hydrogen-bond acceptors (Lipinski definition) is 6. The molecule has 2 aromatic rings. The minimum atomic E-state index is 0.324. The number of nitriles is 1. The lowest BCUT2D eigenvalue weighted by Crippen LogP contribution is -2.20. The summed E-state index contributed by atoms with van der Waals surface area (Å²) in [5, 5.41) is 14.2. The Hall–Kier alpha value is -1.94. The average molecular weight is 286 g/mol. The molecule has 1 saturated carbocycles.